The third-order valence-electron chi connectivity index (χ3n) is 1.80. The quantitative estimate of drug-likeness (QED) is 0.563. The number of hydrogen-bond acceptors (Lipinski definition) is 2. The van der Waals surface area contributed by atoms with Gasteiger partial charge in [0.25, 0.3) is 0 Å². The van der Waals surface area contributed by atoms with Crippen LogP contribution in [0, 0.1) is 0 Å². The molecule has 0 aromatic heterocycles. The Morgan fingerprint density at radius 3 is 2.50 bits per heavy atom. The molecule has 1 aromatic carbocycles. The van der Waals surface area contributed by atoms with E-state index >= 15 is 0 Å². The van der Waals surface area contributed by atoms with Crippen LogP contribution < -0.4 is 10.5 Å². The summed E-state index contributed by atoms with van der Waals surface area (Å²) in [6.45, 7) is 2.78. The van der Waals surface area contributed by atoms with Gasteiger partial charge in [0.2, 0.25) is 0 Å². The minimum atomic E-state index is 0. The molecule has 1 rings (SSSR count). The van der Waals surface area contributed by atoms with Crippen LogP contribution in [-0.4, -0.2) is 23.3 Å². The highest BCUT2D eigenvalue weighted by molar-refractivity contribution is 7.97. The smallest absolute Gasteiger partial charge is 0.119 e. The standard InChI is InChI=1S/C11H17NO2S.ClH/c1-9(13)15-8-10-2-4-11(5-3-10)14-7-6-12;/h2-5,13,15H,6-8,12H2,1H3;1H. The van der Waals surface area contributed by atoms with Gasteiger partial charge < -0.3 is 15.6 Å². The van der Waals surface area contributed by atoms with Gasteiger partial charge in [-0.15, -0.1) is 12.4 Å². The number of thiol groups is 1. The molecule has 16 heavy (non-hydrogen) atoms. The van der Waals surface area contributed by atoms with Gasteiger partial charge in [0.05, 0.1) is 5.05 Å². The molecule has 5 heteroatoms. The molecule has 3 N–H and O–H groups in total. The Hall–Kier alpha value is -0.550. The molecule has 0 atom stereocenters. The van der Waals surface area contributed by atoms with E-state index in [9.17, 15) is 0 Å². The molecule has 0 aliphatic rings. The van der Waals surface area contributed by atoms with Crippen molar-refractivity contribution in [2.24, 2.45) is 5.73 Å². The lowest BCUT2D eigenvalue weighted by atomic mass is 10.2. The van der Waals surface area contributed by atoms with E-state index in [1.807, 2.05) is 24.3 Å². The fourth-order valence-corrected chi connectivity index (χ4v) is 1.70. The molecular formula is C11H18ClNO2S. The number of hydrogen-bond donors (Lipinski definition) is 3. The summed E-state index contributed by atoms with van der Waals surface area (Å²) in [5.41, 5.74) is 6.52. The molecule has 0 bridgehead atoms. The lowest BCUT2D eigenvalue weighted by Crippen LogP contribution is -2.10. The lowest BCUT2D eigenvalue weighted by Gasteiger charge is -2.04. The Balaban J connectivity index is 0.00000225. The van der Waals surface area contributed by atoms with Crippen LogP contribution in [0.3, 0.4) is 0 Å². The van der Waals surface area contributed by atoms with E-state index in [0.29, 0.717) is 18.2 Å². The summed E-state index contributed by atoms with van der Waals surface area (Å²) in [6.07, 6.45) is 0. The summed E-state index contributed by atoms with van der Waals surface area (Å²) >= 11 is 0.947. The Bertz CT molecular complexity index is 323. The molecular weight excluding hydrogens is 246 g/mol. The van der Waals surface area contributed by atoms with Crippen molar-refractivity contribution in [3.05, 3.63) is 29.8 Å². The number of ether oxygens (including phenoxy) is 1. The van der Waals surface area contributed by atoms with Crippen molar-refractivity contribution in [3.8, 4) is 5.75 Å². The van der Waals surface area contributed by atoms with Gasteiger partial charge in [0, 0.05) is 12.3 Å². The minimum Gasteiger partial charge on any atom is -0.492 e. The second-order valence-electron chi connectivity index (χ2n) is 3.14. The summed E-state index contributed by atoms with van der Waals surface area (Å²) in [4.78, 5) is 0. The van der Waals surface area contributed by atoms with E-state index in [-0.39, 0.29) is 12.4 Å². The normalized spacial score (nSPS) is 11.3. The number of benzene rings is 1. The number of aliphatic hydroxyl groups is 1. The molecule has 0 spiro atoms. The summed E-state index contributed by atoms with van der Waals surface area (Å²) in [7, 11) is 0. The predicted molar refractivity (Wildman–Crippen MR) is 74.2 cm³/mol. The molecule has 0 amide bonds. The molecule has 0 unspecified atom stereocenters. The van der Waals surface area contributed by atoms with Gasteiger partial charge in [0.1, 0.15) is 12.4 Å². The van der Waals surface area contributed by atoms with Crippen molar-refractivity contribution in [1.82, 2.24) is 0 Å². The van der Waals surface area contributed by atoms with Gasteiger partial charge in [0.15, 0.2) is 0 Å². The minimum absolute atomic E-state index is 0. The van der Waals surface area contributed by atoms with Crippen LogP contribution in [0.1, 0.15) is 12.5 Å². The van der Waals surface area contributed by atoms with Crippen LogP contribution in [0.4, 0.5) is 0 Å². The van der Waals surface area contributed by atoms with Crippen molar-refractivity contribution in [2.75, 3.05) is 13.2 Å². The van der Waals surface area contributed by atoms with Gasteiger partial charge >= 0.3 is 0 Å². The van der Waals surface area contributed by atoms with Crippen molar-refractivity contribution in [3.63, 3.8) is 0 Å². The average Bonchev–Trinajstić information content (AvgIpc) is 2.25. The highest BCUT2D eigenvalue weighted by atomic mass is 35.5. The van der Waals surface area contributed by atoms with Crippen LogP contribution in [0.2, 0.25) is 0 Å². The summed E-state index contributed by atoms with van der Waals surface area (Å²) in [5.74, 6) is 1.67. The van der Waals surface area contributed by atoms with E-state index < -0.39 is 0 Å². The first kappa shape index (κ1) is 15.4. The second-order valence-corrected chi connectivity index (χ2v) is 4.42. The maximum absolute atomic E-state index is 9.05. The molecule has 92 valence electrons. The van der Waals surface area contributed by atoms with Gasteiger partial charge in [-0.2, -0.15) is 11.4 Å². The van der Waals surface area contributed by atoms with Gasteiger partial charge in [-0.1, -0.05) is 12.1 Å². The number of aliphatic hydroxyl groups excluding tert-OH is 1. The van der Waals surface area contributed by atoms with Gasteiger partial charge in [-0.25, -0.2) is 0 Å². The Labute approximate surface area is 106 Å². The van der Waals surface area contributed by atoms with E-state index in [1.54, 1.807) is 6.92 Å². The number of halogens is 1. The molecule has 0 fully saturated rings. The lowest BCUT2D eigenvalue weighted by molar-refractivity contribution is 0.328. The summed E-state index contributed by atoms with van der Waals surface area (Å²) in [5, 5.41) is 9.49. The zero-order valence-electron chi connectivity index (χ0n) is 9.22. The molecule has 3 nitrogen and oxygen atoms in total. The van der Waals surface area contributed by atoms with Crippen LogP contribution in [0.25, 0.3) is 0 Å². The van der Waals surface area contributed by atoms with E-state index in [2.05, 4.69) is 0 Å². The molecule has 0 heterocycles. The van der Waals surface area contributed by atoms with Gasteiger partial charge in [-0.3, -0.25) is 0 Å². The third kappa shape index (κ3) is 6.12. The van der Waals surface area contributed by atoms with E-state index in [0.717, 1.165) is 22.9 Å². The van der Waals surface area contributed by atoms with Crippen LogP contribution in [-0.2, 0) is 5.75 Å². The number of nitrogens with two attached hydrogens (primary N) is 1. The van der Waals surface area contributed by atoms with Crippen molar-refractivity contribution >= 4 is 28.8 Å². The fourth-order valence-electron chi connectivity index (χ4n) is 1.07. The van der Waals surface area contributed by atoms with E-state index in [4.69, 9.17) is 15.6 Å². The Morgan fingerprint density at radius 2 is 2.00 bits per heavy atom. The molecule has 1 aromatic rings. The summed E-state index contributed by atoms with van der Waals surface area (Å²) < 4.78 is 5.35. The Morgan fingerprint density at radius 1 is 1.38 bits per heavy atom. The molecule has 0 radical (unpaired) electrons. The monoisotopic (exact) mass is 263 g/mol. The fraction of sp³-hybridized carbons (Fsp3) is 0.364. The molecule has 0 aliphatic carbocycles. The SMILES string of the molecule is CC(O)=[SH]Cc1ccc(OCCN)cc1.Cl. The predicted octanol–water partition coefficient (Wildman–Crippen LogP) is 2.12. The second kappa shape index (κ2) is 8.58. The average molecular weight is 264 g/mol. The first-order valence-corrected chi connectivity index (χ1v) is 5.92. The highest BCUT2D eigenvalue weighted by Crippen LogP contribution is 2.14. The van der Waals surface area contributed by atoms with Crippen molar-refractivity contribution in [1.29, 1.82) is 0 Å². The summed E-state index contributed by atoms with van der Waals surface area (Å²) in [6, 6.07) is 7.85. The molecule has 0 aliphatic heterocycles. The first-order chi connectivity index (χ1) is 7.22. The zero-order valence-corrected chi connectivity index (χ0v) is 10.9. The largest absolute Gasteiger partial charge is 0.492 e. The maximum atomic E-state index is 9.05. The molecule has 0 saturated carbocycles. The third-order valence-corrected chi connectivity index (χ3v) is 2.78. The van der Waals surface area contributed by atoms with E-state index in [1.165, 1.54) is 5.56 Å². The van der Waals surface area contributed by atoms with Crippen molar-refractivity contribution in [2.45, 2.75) is 12.7 Å². The van der Waals surface area contributed by atoms with Crippen molar-refractivity contribution < 1.29 is 9.84 Å². The van der Waals surface area contributed by atoms with Crippen LogP contribution in [0.15, 0.2) is 24.3 Å². The van der Waals surface area contributed by atoms with Crippen LogP contribution >= 0.6 is 23.8 Å². The highest BCUT2D eigenvalue weighted by Gasteiger charge is 1.93. The topological polar surface area (TPSA) is 55.5 Å². The first-order valence-electron chi connectivity index (χ1n) is 4.84. The number of rotatable bonds is 5. The van der Waals surface area contributed by atoms with Gasteiger partial charge in [-0.05, 0) is 24.6 Å². The zero-order chi connectivity index (χ0) is 11.1. The maximum Gasteiger partial charge on any atom is 0.119 e. The molecule has 0 saturated heterocycles. The van der Waals surface area contributed by atoms with Crippen LogP contribution in [0.5, 0.6) is 5.75 Å². The Kier molecular flexibility index (Phi) is 8.29.